The van der Waals surface area contributed by atoms with E-state index in [1.165, 1.54) is 16.7 Å². The number of urea groups is 2. The van der Waals surface area contributed by atoms with Crippen molar-refractivity contribution in [3.8, 4) is 0 Å². The number of carboxylic acids is 1. The van der Waals surface area contributed by atoms with Crippen LogP contribution in [0.3, 0.4) is 0 Å². The third kappa shape index (κ3) is 6.07. The van der Waals surface area contributed by atoms with Gasteiger partial charge in [0.15, 0.2) is 0 Å². The number of piperidine rings is 1. The first-order valence-electron chi connectivity index (χ1n) is 13.0. The molecule has 2 saturated heterocycles. The third-order valence-electron chi connectivity index (χ3n) is 7.26. The van der Waals surface area contributed by atoms with E-state index in [1.807, 2.05) is 47.5 Å². The van der Waals surface area contributed by atoms with E-state index in [0.717, 1.165) is 53.5 Å². The van der Waals surface area contributed by atoms with Crippen LogP contribution in [0.5, 0.6) is 0 Å². The fraction of sp³-hybridized carbons (Fsp3) is 0.310. The van der Waals surface area contributed by atoms with E-state index in [4.69, 9.17) is 5.11 Å². The summed E-state index contributed by atoms with van der Waals surface area (Å²) in [5.41, 5.74) is 2.42. The maximum Gasteiger partial charge on any atom is 0.335 e. The Bertz CT molecular complexity index is 1310. The lowest BCUT2D eigenvalue weighted by atomic mass is 9.99. The van der Waals surface area contributed by atoms with Crippen LogP contribution in [-0.4, -0.2) is 75.5 Å². The zero-order valence-electron chi connectivity index (χ0n) is 21.7. The molecule has 5 rings (SSSR count). The number of likely N-dealkylation sites (tertiary alicyclic amines) is 1. The molecular weight excluding hydrogens is 514 g/mol. The number of carbonyl (C=O) groups excluding carboxylic acids is 2. The zero-order valence-corrected chi connectivity index (χ0v) is 22.5. The highest BCUT2D eigenvalue weighted by atomic mass is 32.2. The summed E-state index contributed by atoms with van der Waals surface area (Å²) in [6, 6.07) is 20.1. The normalized spacial score (nSPS) is 18.4. The van der Waals surface area contributed by atoms with Gasteiger partial charge in [0.2, 0.25) is 0 Å². The first-order valence-corrected chi connectivity index (χ1v) is 13.8. The van der Waals surface area contributed by atoms with Crippen LogP contribution >= 0.6 is 11.8 Å². The van der Waals surface area contributed by atoms with Crippen LogP contribution in [0.2, 0.25) is 0 Å². The molecule has 2 aliphatic rings. The summed E-state index contributed by atoms with van der Waals surface area (Å²) in [6.07, 6.45) is 3.56. The Balaban J connectivity index is 1.18. The number of benzene rings is 2. The van der Waals surface area contributed by atoms with Gasteiger partial charge in [0.05, 0.1) is 18.2 Å². The average Bonchev–Trinajstić information content (AvgIpc) is 3.31. The van der Waals surface area contributed by atoms with Crippen molar-refractivity contribution in [2.75, 3.05) is 26.7 Å². The van der Waals surface area contributed by atoms with Gasteiger partial charge >= 0.3 is 18.0 Å². The summed E-state index contributed by atoms with van der Waals surface area (Å²) in [5.74, 6) is -0.938. The molecule has 0 saturated carbocycles. The molecule has 0 unspecified atom stereocenters. The van der Waals surface area contributed by atoms with Crippen LogP contribution in [0.15, 0.2) is 82.8 Å². The third-order valence-corrected chi connectivity index (χ3v) is 8.22. The van der Waals surface area contributed by atoms with Gasteiger partial charge in [0.25, 0.3) is 0 Å². The Hall–Kier alpha value is -3.89. The molecule has 0 radical (unpaired) electrons. The molecule has 2 aromatic carbocycles. The molecule has 1 aromatic heterocycles. The Morgan fingerprint density at radius 2 is 1.74 bits per heavy atom. The number of amides is 4. The summed E-state index contributed by atoms with van der Waals surface area (Å²) < 4.78 is 0. The molecule has 202 valence electrons. The summed E-state index contributed by atoms with van der Waals surface area (Å²) in [6.45, 7) is 2.82. The lowest BCUT2D eigenvalue weighted by Gasteiger charge is -2.38. The van der Waals surface area contributed by atoms with E-state index in [2.05, 4.69) is 21.3 Å². The second-order valence-electron chi connectivity index (χ2n) is 9.73. The topological polar surface area (TPSA) is 106 Å². The number of aromatic carboxylic acids is 1. The number of hydrogen-bond donors (Lipinski definition) is 2. The average molecular weight is 546 g/mol. The SMILES string of the molecule is CNC(=O)N1C[C@@H](c2ccccc2)N(C2CCN(Cc3ccc(Sc4ccc(C(=O)O)cc4)nc3)CC2)C1=O. The van der Waals surface area contributed by atoms with E-state index >= 15 is 0 Å². The molecule has 1 atom stereocenters. The fourth-order valence-electron chi connectivity index (χ4n) is 5.23. The number of pyridine rings is 1. The Kier molecular flexibility index (Phi) is 8.13. The standard InChI is InChI=1S/C29H31N5O4S/c1-30-28(37)33-19-25(21-5-3-2-4-6-21)34(29(33)38)23-13-15-32(16-14-23)18-20-7-12-26(31-17-20)39-24-10-8-22(9-11-24)27(35)36/h2-12,17,23,25H,13-16,18-19H2,1H3,(H,30,37)(H,35,36)/t25-/m0/s1. The number of aromatic nitrogens is 1. The Morgan fingerprint density at radius 3 is 2.36 bits per heavy atom. The molecule has 2 N–H and O–H groups in total. The lowest BCUT2D eigenvalue weighted by Crippen LogP contribution is -2.48. The zero-order chi connectivity index (χ0) is 27.4. The number of nitrogens with zero attached hydrogens (tertiary/aromatic N) is 4. The molecule has 3 aromatic rings. The highest BCUT2D eigenvalue weighted by molar-refractivity contribution is 7.99. The van der Waals surface area contributed by atoms with Gasteiger partial charge in [-0.15, -0.1) is 0 Å². The quantitative estimate of drug-likeness (QED) is 0.443. The molecule has 2 fully saturated rings. The van der Waals surface area contributed by atoms with Gasteiger partial charge in [-0.3, -0.25) is 4.90 Å². The molecule has 0 spiro atoms. The summed E-state index contributed by atoms with van der Waals surface area (Å²) in [4.78, 5) is 47.9. The maximum absolute atomic E-state index is 13.3. The van der Waals surface area contributed by atoms with Gasteiger partial charge in [-0.25, -0.2) is 24.3 Å². The highest BCUT2D eigenvalue weighted by Crippen LogP contribution is 2.35. The molecule has 39 heavy (non-hydrogen) atoms. The number of hydrogen-bond acceptors (Lipinski definition) is 6. The van der Waals surface area contributed by atoms with Gasteiger partial charge in [-0.05, 0) is 54.3 Å². The fourth-order valence-corrected chi connectivity index (χ4v) is 5.99. The minimum atomic E-state index is -0.938. The predicted molar refractivity (Wildman–Crippen MR) is 148 cm³/mol. The molecule has 2 aliphatic heterocycles. The lowest BCUT2D eigenvalue weighted by molar-refractivity contribution is 0.0696. The smallest absolute Gasteiger partial charge is 0.335 e. The van der Waals surface area contributed by atoms with Crippen molar-refractivity contribution in [2.24, 2.45) is 0 Å². The van der Waals surface area contributed by atoms with Crippen LogP contribution in [0.25, 0.3) is 0 Å². The minimum absolute atomic E-state index is 0.0676. The van der Waals surface area contributed by atoms with Gasteiger partial charge in [0.1, 0.15) is 5.03 Å². The van der Waals surface area contributed by atoms with E-state index in [9.17, 15) is 14.4 Å². The summed E-state index contributed by atoms with van der Waals surface area (Å²) in [5, 5.41) is 12.5. The van der Waals surface area contributed by atoms with Gasteiger partial charge < -0.3 is 15.3 Å². The van der Waals surface area contributed by atoms with Crippen LogP contribution in [0.1, 0.15) is 40.4 Å². The van der Waals surface area contributed by atoms with Crippen LogP contribution in [0.4, 0.5) is 9.59 Å². The number of carboxylic acid groups (broad SMARTS) is 1. The first kappa shape index (κ1) is 26.7. The predicted octanol–water partition coefficient (Wildman–Crippen LogP) is 4.71. The molecule has 3 heterocycles. The van der Waals surface area contributed by atoms with E-state index in [1.54, 1.807) is 31.3 Å². The first-order chi connectivity index (χ1) is 18.9. The molecule has 0 bridgehead atoms. The molecule has 0 aliphatic carbocycles. The van der Waals surface area contributed by atoms with Crippen LogP contribution in [0, 0.1) is 0 Å². The number of carbonyl (C=O) groups is 3. The number of nitrogens with one attached hydrogen (secondary N) is 1. The van der Waals surface area contributed by atoms with Crippen molar-refractivity contribution in [3.63, 3.8) is 0 Å². The number of rotatable bonds is 7. The second kappa shape index (κ2) is 11.9. The van der Waals surface area contributed by atoms with Crippen molar-refractivity contribution < 1.29 is 19.5 Å². The van der Waals surface area contributed by atoms with E-state index in [-0.39, 0.29) is 29.7 Å². The molecule has 4 amide bonds. The van der Waals surface area contributed by atoms with Gasteiger partial charge in [0, 0.05) is 43.8 Å². The van der Waals surface area contributed by atoms with Crippen molar-refractivity contribution >= 4 is 29.8 Å². The van der Waals surface area contributed by atoms with Crippen LogP contribution in [-0.2, 0) is 6.54 Å². The van der Waals surface area contributed by atoms with E-state index < -0.39 is 5.97 Å². The maximum atomic E-state index is 13.3. The Labute approximate surface area is 231 Å². The molecule has 10 heteroatoms. The van der Waals surface area contributed by atoms with Crippen molar-refractivity contribution in [1.82, 2.24) is 25.0 Å². The largest absolute Gasteiger partial charge is 0.478 e. The minimum Gasteiger partial charge on any atom is -0.478 e. The highest BCUT2D eigenvalue weighted by Gasteiger charge is 2.45. The Morgan fingerprint density at radius 1 is 1.03 bits per heavy atom. The van der Waals surface area contributed by atoms with Crippen molar-refractivity contribution in [1.29, 1.82) is 0 Å². The summed E-state index contributed by atoms with van der Waals surface area (Å²) >= 11 is 1.49. The van der Waals surface area contributed by atoms with Gasteiger partial charge in [-0.1, -0.05) is 48.2 Å². The summed E-state index contributed by atoms with van der Waals surface area (Å²) in [7, 11) is 1.55. The van der Waals surface area contributed by atoms with E-state index in [0.29, 0.717) is 6.54 Å². The second-order valence-corrected chi connectivity index (χ2v) is 10.8. The van der Waals surface area contributed by atoms with Crippen molar-refractivity contribution in [2.45, 2.75) is 41.4 Å². The van der Waals surface area contributed by atoms with Gasteiger partial charge in [-0.2, -0.15) is 0 Å². The molecule has 9 nitrogen and oxygen atoms in total. The monoisotopic (exact) mass is 545 g/mol. The van der Waals surface area contributed by atoms with Crippen LogP contribution < -0.4 is 5.32 Å². The molecular formula is C29H31N5O4S. The number of imide groups is 1. The van der Waals surface area contributed by atoms with Crippen molar-refractivity contribution in [3.05, 3.63) is 89.6 Å².